The molecule has 1 aliphatic heterocycles. The van der Waals surface area contributed by atoms with Gasteiger partial charge >= 0.3 is 5.97 Å². The fourth-order valence-corrected chi connectivity index (χ4v) is 3.66. The molecule has 1 N–H and O–H groups in total. The maximum absolute atomic E-state index is 12.1. The number of esters is 1. The van der Waals surface area contributed by atoms with Crippen LogP contribution in [0, 0.1) is 5.92 Å². The van der Waals surface area contributed by atoms with Crippen LogP contribution in [0.1, 0.15) is 52.4 Å². The van der Waals surface area contributed by atoms with Gasteiger partial charge in [0.2, 0.25) is 5.91 Å². The van der Waals surface area contributed by atoms with Crippen LogP contribution in [-0.2, 0) is 14.3 Å². The molecule has 1 heterocycles. The molecule has 120 valence electrons. The molecule has 1 amide bonds. The first-order valence-electron chi connectivity index (χ1n) is 8.35. The molecule has 2 fully saturated rings. The van der Waals surface area contributed by atoms with Crippen LogP contribution in [0.4, 0.5) is 0 Å². The molecule has 1 saturated carbocycles. The van der Waals surface area contributed by atoms with E-state index in [1.807, 2.05) is 13.8 Å². The summed E-state index contributed by atoms with van der Waals surface area (Å²) >= 11 is 0. The van der Waals surface area contributed by atoms with Crippen LogP contribution in [0.3, 0.4) is 0 Å². The van der Waals surface area contributed by atoms with Gasteiger partial charge in [-0.3, -0.25) is 14.5 Å². The van der Waals surface area contributed by atoms with Gasteiger partial charge in [0, 0.05) is 25.0 Å². The van der Waals surface area contributed by atoms with Crippen LogP contribution in [0.2, 0.25) is 0 Å². The summed E-state index contributed by atoms with van der Waals surface area (Å²) in [5.41, 5.74) is 0. The second-order valence-electron chi connectivity index (χ2n) is 6.11. The predicted octanol–water partition coefficient (Wildman–Crippen LogP) is 1.71. The molecule has 0 aromatic carbocycles. The Morgan fingerprint density at radius 2 is 2.00 bits per heavy atom. The van der Waals surface area contributed by atoms with Gasteiger partial charge < -0.3 is 10.1 Å². The highest BCUT2D eigenvalue weighted by Crippen LogP contribution is 2.32. The van der Waals surface area contributed by atoms with Gasteiger partial charge in [0.05, 0.1) is 12.5 Å². The van der Waals surface area contributed by atoms with E-state index in [0.29, 0.717) is 19.1 Å². The largest absolute Gasteiger partial charge is 0.466 e. The van der Waals surface area contributed by atoms with E-state index in [4.69, 9.17) is 4.74 Å². The molecule has 0 aromatic rings. The number of amides is 1. The molecule has 3 atom stereocenters. The minimum absolute atomic E-state index is 0.0191. The maximum atomic E-state index is 12.1. The van der Waals surface area contributed by atoms with Gasteiger partial charge in [-0.1, -0.05) is 13.3 Å². The monoisotopic (exact) mass is 296 g/mol. The zero-order valence-electron chi connectivity index (χ0n) is 13.3. The predicted molar refractivity (Wildman–Crippen MR) is 80.8 cm³/mol. The molecule has 2 aliphatic rings. The second kappa shape index (κ2) is 7.78. The number of nitrogens with one attached hydrogen (secondary N) is 1. The molecule has 21 heavy (non-hydrogen) atoms. The number of hydrogen-bond donors (Lipinski definition) is 1. The number of carbonyl (C=O) groups is 2. The van der Waals surface area contributed by atoms with Crippen molar-refractivity contribution in [3.8, 4) is 0 Å². The lowest BCUT2D eigenvalue weighted by Gasteiger charge is -2.38. The number of rotatable bonds is 5. The molecule has 0 spiro atoms. The van der Waals surface area contributed by atoms with Crippen LogP contribution in [0.5, 0.6) is 0 Å². The third-order valence-corrected chi connectivity index (χ3v) is 4.68. The first-order valence-corrected chi connectivity index (χ1v) is 8.35. The smallest absolute Gasteiger partial charge is 0.310 e. The highest BCUT2D eigenvalue weighted by atomic mass is 16.5. The van der Waals surface area contributed by atoms with Gasteiger partial charge in [-0.05, 0) is 39.2 Å². The summed E-state index contributed by atoms with van der Waals surface area (Å²) in [6.07, 6.45) is 5.76. The van der Waals surface area contributed by atoms with E-state index in [1.165, 1.54) is 0 Å². The van der Waals surface area contributed by atoms with E-state index in [2.05, 4.69) is 10.2 Å². The van der Waals surface area contributed by atoms with E-state index >= 15 is 0 Å². The lowest BCUT2D eigenvalue weighted by atomic mass is 9.97. The summed E-state index contributed by atoms with van der Waals surface area (Å²) < 4.78 is 5.22. The normalized spacial score (nSPS) is 30.1. The molecule has 0 radical (unpaired) electrons. The number of likely N-dealkylation sites (tertiary alicyclic amines) is 1. The van der Waals surface area contributed by atoms with Crippen molar-refractivity contribution < 1.29 is 14.3 Å². The van der Waals surface area contributed by atoms with E-state index in [0.717, 1.165) is 45.2 Å². The van der Waals surface area contributed by atoms with Crippen molar-refractivity contribution in [2.75, 3.05) is 19.7 Å². The Hall–Kier alpha value is -1.10. The summed E-state index contributed by atoms with van der Waals surface area (Å²) in [5, 5.41) is 3.09. The topological polar surface area (TPSA) is 58.6 Å². The van der Waals surface area contributed by atoms with Gasteiger partial charge in [-0.25, -0.2) is 0 Å². The Bertz CT molecular complexity index is 373. The molecule has 3 unspecified atom stereocenters. The average Bonchev–Trinajstić information content (AvgIpc) is 2.97. The zero-order chi connectivity index (χ0) is 15.2. The van der Waals surface area contributed by atoms with Crippen LogP contribution in [0.25, 0.3) is 0 Å². The van der Waals surface area contributed by atoms with Crippen molar-refractivity contribution in [1.82, 2.24) is 10.2 Å². The SMILES string of the molecule is CCOC(=O)C1CCCC1N1CCCC(NC(=O)CC)C1. The van der Waals surface area contributed by atoms with Crippen molar-refractivity contribution in [2.24, 2.45) is 5.92 Å². The molecular weight excluding hydrogens is 268 g/mol. The van der Waals surface area contributed by atoms with Gasteiger partial charge in [0.25, 0.3) is 0 Å². The summed E-state index contributed by atoms with van der Waals surface area (Å²) in [6.45, 7) is 6.09. The molecule has 1 saturated heterocycles. The Morgan fingerprint density at radius 3 is 2.71 bits per heavy atom. The second-order valence-corrected chi connectivity index (χ2v) is 6.11. The van der Waals surface area contributed by atoms with E-state index < -0.39 is 0 Å². The van der Waals surface area contributed by atoms with Gasteiger partial charge in [0.1, 0.15) is 0 Å². The van der Waals surface area contributed by atoms with Crippen molar-refractivity contribution >= 4 is 11.9 Å². The third-order valence-electron chi connectivity index (χ3n) is 4.68. The van der Waals surface area contributed by atoms with Crippen LogP contribution in [0.15, 0.2) is 0 Å². The molecule has 5 heteroatoms. The fourth-order valence-electron chi connectivity index (χ4n) is 3.66. The molecule has 0 aromatic heterocycles. The lowest BCUT2D eigenvalue weighted by molar-refractivity contribution is -0.150. The third kappa shape index (κ3) is 4.19. The number of carbonyl (C=O) groups excluding carboxylic acids is 2. The van der Waals surface area contributed by atoms with Crippen molar-refractivity contribution in [3.05, 3.63) is 0 Å². The van der Waals surface area contributed by atoms with Crippen molar-refractivity contribution in [3.63, 3.8) is 0 Å². The highest BCUT2D eigenvalue weighted by molar-refractivity contribution is 5.76. The first-order chi connectivity index (χ1) is 10.2. The molecular formula is C16H28N2O3. The summed E-state index contributed by atoms with van der Waals surface area (Å²) in [5.74, 6) is 0.0977. The van der Waals surface area contributed by atoms with Crippen LogP contribution < -0.4 is 5.32 Å². The average molecular weight is 296 g/mol. The molecule has 2 rings (SSSR count). The van der Waals surface area contributed by atoms with Gasteiger partial charge in [-0.2, -0.15) is 0 Å². The zero-order valence-corrected chi connectivity index (χ0v) is 13.3. The Morgan fingerprint density at radius 1 is 1.19 bits per heavy atom. The standard InChI is InChI=1S/C16H28N2O3/c1-3-15(19)17-12-7-6-10-18(11-12)14-9-5-8-13(14)16(20)21-4-2/h12-14H,3-11H2,1-2H3,(H,17,19). The van der Waals surface area contributed by atoms with E-state index in [1.54, 1.807) is 0 Å². The Labute approximate surface area is 127 Å². The van der Waals surface area contributed by atoms with Gasteiger partial charge in [0.15, 0.2) is 0 Å². The van der Waals surface area contributed by atoms with Crippen molar-refractivity contribution in [2.45, 2.75) is 64.5 Å². The number of piperidine rings is 1. The van der Waals surface area contributed by atoms with Crippen LogP contribution in [-0.4, -0.2) is 48.6 Å². The Kier molecular flexibility index (Phi) is 6.03. The summed E-state index contributed by atoms with van der Waals surface area (Å²) in [6, 6.07) is 0.528. The Balaban J connectivity index is 1.93. The van der Waals surface area contributed by atoms with Crippen LogP contribution >= 0.6 is 0 Å². The molecule has 0 bridgehead atoms. The summed E-state index contributed by atoms with van der Waals surface area (Å²) in [7, 11) is 0. The molecule has 1 aliphatic carbocycles. The number of hydrogen-bond acceptors (Lipinski definition) is 4. The fraction of sp³-hybridized carbons (Fsp3) is 0.875. The van der Waals surface area contributed by atoms with Gasteiger partial charge in [-0.15, -0.1) is 0 Å². The van der Waals surface area contributed by atoms with E-state index in [9.17, 15) is 9.59 Å². The van der Waals surface area contributed by atoms with E-state index in [-0.39, 0.29) is 23.8 Å². The molecule has 5 nitrogen and oxygen atoms in total. The first kappa shape index (κ1) is 16.3. The number of nitrogens with zero attached hydrogens (tertiary/aromatic N) is 1. The lowest BCUT2D eigenvalue weighted by Crippen LogP contribution is -2.52. The quantitative estimate of drug-likeness (QED) is 0.785. The maximum Gasteiger partial charge on any atom is 0.310 e. The summed E-state index contributed by atoms with van der Waals surface area (Å²) in [4.78, 5) is 26.0. The highest BCUT2D eigenvalue weighted by Gasteiger charge is 2.39. The number of ether oxygens (including phenoxy) is 1. The minimum Gasteiger partial charge on any atom is -0.466 e. The minimum atomic E-state index is -0.0419. The van der Waals surface area contributed by atoms with Crippen molar-refractivity contribution in [1.29, 1.82) is 0 Å².